The number of nitrogens with one attached hydrogen (secondary N) is 2. The van der Waals surface area contributed by atoms with Crippen LogP contribution in [-0.4, -0.2) is 44.9 Å². The second-order valence-corrected chi connectivity index (χ2v) is 7.33. The van der Waals surface area contributed by atoms with E-state index in [0.717, 1.165) is 42.8 Å². The van der Waals surface area contributed by atoms with Crippen LogP contribution in [0.5, 0.6) is 0 Å². The van der Waals surface area contributed by atoms with Crippen LogP contribution in [0.15, 0.2) is 36.7 Å². The number of amides is 1. The Bertz CT molecular complexity index is 903. The molecule has 1 amide bonds. The molecule has 6 nitrogen and oxygen atoms in total. The van der Waals surface area contributed by atoms with Gasteiger partial charge in [0.2, 0.25) is 0 Å². The number of imidazole rings is 1. The van der Waals surface area contributed by atoms with Gasteiger partial charge in [-0.15, -0.1) is 0 Å². The summed E-state index contributed by atoms with van der Waals surface area (Å²) in [5.41, 5.74) is 5.31. The van der Waals surface area contributed by atoms with Crippen molar-refractivity contribution in [2.24, 2.45) is 0 Å². The van der Waals surface area contributed by atoms with Gasteiger partial charge >= 0.3 is 0 Å². The summed E-state index contributed by atoms with van der Waals surface area (Å²) < 4.78 is 0. The highest BCUT2D eigenvalue weighted by molar-refractivity contribution is 5.93. The Hall–Kier alpha value is -2.73. The van der Waals surface area contributed by atoms with Crippen LogP contribution in [0.4, 0.5) is 0 Å². The molecule has 2 aromatic heterocycles. The fraction of sp³-hybridized carbons (Fsp3) is 0.381. The van der Waals surface area contributed by atoms with E-state index in [1.807, 2.05) is 11.0 Å². The molecule has 4 rings (SSSR count). The monoisotopic (exact) mass is 363 g/mol. The lowest BCUT2D eigenvalue weighted by molar-refractivity contribution is 0.0704. The molecule has 0 saturated carbocycles. The maximum Gasteiger partial charge on any atom is 0.255 e. The number of H-pyrrole nitrogens is 1. The number of aromatic amines is 1. The van der Waals surface area contributed by atoms with Crippen molar-refractivity contribution in [2.45, 2.75) is 39.3 Å². The second kappa shape index (κ2) is 7.48. The first kappa shape index (κ1) is 17.7. The first-order valence-electron chi connectivity index (χ1n) is 9.48. The first-order chi connectivity index (χ1) is 13.1. The van der Waals surface area contributed by atoms with E-state index in [9.17, 15) is 4.79 Å². The number of aromatic nitrogens is 3. The maximum atomic E-state index is 12.5. The number of benzene rings is 1. The summed E-state index contributed by atoms with van der Waals surface area (Å²) in [5, 5.41) is 3.58. The number of hydrogen-bond acceptors (Lipinski definition) is 4. The summed E-state index contributed by atoms with van der Waals surface area (Å²) in [5.74, 6) is 1.04. The fourth-order valence-corrected chi connectivity index (χ4v) is 3.61. The molecule has 140 valence electrons. The number of fused-ring (bicyclic) bond motifs is 1. The number of carbonyl (C=O) groups excluding carboxylic acids is 1. The molecule has 0 unspecified atom stereocenters. The SMILES string of the molecule is Cc1cc2nc(CNC3CCN(C(=O)c4cccnc4)CC3)[nH]c2cc1C. The number of piperidine rings is 1. The van der Waals surface area contributed by atoms with Gasteiger partial charge in [-0.05, 0) is 62.1 Å². The number of nitrogens with zero attached hydrogens (tertiary/aromatic N) is 3. The normalized spacial score (nSPS) is 15.4. The van der Waals surface area contributed by atoms with Crippen molar-refractivity contribution in [2.75, 3.05) is 13.1 Å². The van der Waals surface area contributed by atoms with E-state index in [1.165, 1.54) is 11.1 Å². The number of rotatable bonds is 4. The van der Waals surface area contributed by atoms with Gasteiger partial charge in [0, 0.05) is 31.5 Å². The molecule has 0 atom stereocenters. The fourth-order valence-electron chi connectivity index (χ4n) is 3.61. The Balaban J connectivity index is 1.31. The van der Waals surface area contributed by atoms with Crippen molar-refractivity contribution in [3.63, 3.8) is 0 Å². The van der Waals surface area contributed by atoms with Crippen LogP contribution >= 0.6 is 0 Å². The highest BCUT2D eigenvalue weighted by atomic mass is 16.2. The average molecular weight is 363 g/mol. The predicted molar refractivity (Wildman–Crippen MR) is 106 cm³/mol. The zero-order valence-electron chi connectivity index (χ0n) is 15.8. The number of pyridine rings is 1. The van der Waals surface area contributed by atoms with Gasteiger partial charge in [-0.25, -0.2) is 4.98 Å². The maximum absolute atomic E-state index is 12.5. The molecular formula is C21H25N5O. The Morgan fingerprint density at radius 3 is 2.78 bits per heavy atom. The third kappa shape index (κ3) is 3.85. The van der Waals surface area contributed by atoms with Gasteiger partial charge in [0.1, 0.15) is 5.82 Å². The summed E-state index contributed by atoms with van der Waals surface area (Å²) in [6, 6.07) is 8.32. The summed E-state index contributed by atoms with van der Waals surface area (Å²) in [6.07, 6.45) is 5.22. The quantitative estimate of drug-likeness (QED) is 0.747. The van der Waals surface area contributed by atoms with Gasteiger partial charge in [0.05, 0.1) is 23.1 Å². The van der Waals surface area contributed by atoms with Gasteiger partial charge in [0.15, 0.2) is 0 Å². The van der Waals surface area contributed by atoms with Crippen LogP contribution in [0.25, 0.3) is 11.0 Å². The van der Waals surface area contributed by atoms with Gasteiger partial charge in [-0.3, -0.25) is 9.78 Å². The Kier molecular flexibility index (Phi) is 4.90. The third-order valence-corrected chi connectivity index (χ3v) is 5.40. The summed E-state index contributed by atoms with van der Waals surface area (Å²) in [6.45, 7) is 6.48. The van der Waals surface area contributed by atoms with Crippen molar-refractivity contribution in [1.82, 2.24) is 25.2 Å². The molecule has 1 aromatic carbocycles. The predicted octanol–water partition coefficient (Wildman–Crippen LogP) is 2.97. The molecule has 2 N–H and O–H groups in total. The van der Waals surface area contributed by atoms with Crippen LogP contribution in [-0.2, 0) is 6.54 Å². The minimum Gasteiger partial charge on any atom is -0.341 e. The lowest BCUT2D eigenvalue weighted by atomic mass is 10.0. The van der Waals surface area contributed by atoms with E-state index in [1.54, 1.807) is 18.5 Å². The Labute approximate surface area is 159 Å². The minimum absolute atomic E-state index is 0.0737. The summed E-state index contributed by atoms with van der Waals surface area (Å²) in [4.78, 5) is 26.5. The first-order valence-corrected chi connectivity index (χ1v) is 9.48. The zero-order chi connectivity index (χ0) is 18.8. The number of aryl methyl sites for hydroxylation is 2. The molecule has 0 aliphatic carbocycles. The van der Waals surface area contributed by atoms with Crippen LogP contribution < -0.4 is 5.32 Å². The second-order valence-electron chi connectivity index (χ2n) is 7.33. The lowest BCUT2D eigenvalue weighted by Gasteiger charge is -2.32. The van der Waals surface area contributed by atoms with E-state index in [2.05, 4.69) is 41.3 Å². The highest BCUT2D eigenvalue weighted by Gasteiger charge is 2.23. The van der Waals surface area contributed by atoms with E-state index in [4.69, 9.17) is 4.98 Å². The molecule has 1 fully saturated rings. The van der Waals surface area contributed by atoms with E-state index >= 15 is 0 Å². The largest absolute Gasteiger partial charge is 0.341 e. The Morgan fingerprint density at radius 2 is 2.04 bits per heavy atom. The van der Waals surface area contributed by atoms with Crippen molar-refractivity contribution in [1.29, 1.82) is 0 Å². The smallest absolute Gasteiger partial charge is 0.255 e. The zero-order valence-corrected chi connectivity index (χ0v) is 15.8. The molecule has 6 heteroatoms. The van der Waals surface area contributed by atoms with Crippen LogP contribution in [0.3, 0.4) is 0 Å². The van der Waals surface area contributed by atoms with Gasteiger partial charge in [-0.1, -0.05) is 0 Å². The molecule has 3 heterocycles. The molecule has 1 saturated heterocycles. The molecule has 3 aromatic rings. The molecule has 0 spiro atoms. The van der Waals surface area contributed by atoms with E-state index in [-0.39, 0.29) is 5.91 Å². The molecule has 1 aliphatic rings. The van der Waals surface area contributed by atoms with Gasteiger partial charge < -0.3 is 15.2 Å². The van der Waals surface area contributed by atoms with E-state index in [0.29, 0.717) is 18.2 Å². The standard InChI is InChI=1S/C21H25N5O/c1-14-10-18-19(11-15(14)2)25-20(24-18)13-23-17-5-8-26(9-6-17)21(27)16-4-3-7-22-12-16/h3-4,7,10-12,17,23H,5-6,8-9,13H2,1-2H3,(H,24,25). The van der Waals surface area contributed by atoms with Crippen molar-refractivity contribution in [3.8, 4) is 0 Å². The number of carbonyl (C=O) groups is 1. The Morgan fingerprint density at radius 1 is 1.26 bits per heavy atom. The molecule has 0 radical (unpaired) electrons. The topological polar surface area (TPSA) is 73.9 Å². The number of likely N-dealkylation sites (tertiary alicyclic amines) is 1. The minimum atomic E-state index is 0.0737. The summed E-state index contributed by atoms with van der Waals surface area (Å²) >= 11 is 0. The van der Waals surface area contributed by atoms with Crippen LogP contribution in [0.2, 0.25) is 0 Å². The molecule has 1 aliphatic heterocycles. The van der Waals surface area contributed by atoms with Gasteiger partial charge in [0.25, 0.3) is 5.91 Å². The summed E-state index contributed by atoms with van der Waals surface area (Å²) in [7, 11) is 0. The van der Waals surface area contributed by atoms with Crippen molar-refractivity contribution in [3.05, 3.63) is 59.2 Å². The third-order valence-electron chi connectivity index (χ3n) is 5.40. The van der Waals surface area contributed by atoms with Crippen LogP contribution in [0.1, 0.15) is 40.2 Å². The number of hydrogen-bond donors (Lipinski definition) is 2. The van der Waals surface area contributed by atoms with Crippen LogP contribution in [0, 0.1) is 13.8 Å². The molecule has 0 bridgehead atoms. The molecular weight excluding hydrogens is 338 g/mol. The average Bonchev–Trinajstić information content (AvgIpc) is 3.09. The lowest BCUT2D eigenvalue weighted by Crippen LogP contribution is -2.44. The highest BCUT2D eigenvalue weighted by Crippen LogP contribution is 2.18. The van der Waals surface area contributed by atoms with Crippen molar-refractivity contribution < 1.29 is 4.79 Å². The van der Waals surface area contributed by atoms with E-state index < -0.39 is 0 Å². The van der Waals surface area contributed by atoms with Gasteiger partial charge in [-0.2, -0.15) is 0 Å². The van der Waals surface area contributed by atoms with Crippen molar-refractivity contribution >= 4 is 16.9 Å². The molecule has 27 heavy (non-hydrogen) atoms.